The maximum atomic E-state index is 10.3. The molecule has 0 saturated heterocycles. The van der Waals surface area contributed by atoms with Gasteiger partial charge in [0.2, 0.25) is 0 Å². The molecule has 0 amide bonds. The Balaban J connectivity index is 2.55. The lowest BCUT2D eigenvalue weighted by molar-refractivity contribution is -0.136. The molecule has 0 saturated carbocycles. The molecule has 16 heavy (non-hydrogen) atoms. The number of nitrogens with zero attached hydrogens (tertiary/aromatic N) is 2. The number of aryl methyl sites for hydroxylation is 2. The van der Waals surface area contributed by atoms with E-state index in [0.717, 1.165) is 17.9 Å². The summed E-state index contributed by atoms with van der Waals surface area (Å²) in [7, 11) is 0. The van der Waals surface area contributed by atoms with Gasteiger partial charge in [-0.05, 0) is 13.8 Å². The standard InChI is InChI=1S/C10H16ClN3O2/c1-3-14-8(10(11)7(2)13-14)6-12-5-4-9(15)16/h12H,3-6H2,1-2H3,(H,15,16). The smallest absolute Gasteiger partial charge is 0.304 e. The van der Waals surface area contributed by atoms with Crippen LogP contribution in [0.2, 0.25) is 5.02 Å². The second kappa shape index (κ2) is 5.86. The van der Waals surface area contributed by atoms with Gasteiger partial charge in [-0.15, -0.1) is 0 Å². The number of carbonyl (C=O) groups is 1. The zero-order valence-corrected chi connectivity index (χ0v) is 10.2. The molecular formula is C10H16ClN3O2. The highest BCUT2D eigenvalue weighted by molar-refractivity contribution is 6.31. The van der Waals surface area contributed by atoms with Gasteiger partial charge in [-0.3, -0.25) is 9.48 Å². The third-order valence-electron chi connectivity index (χ3n) is 2.26. The first-order valence-corrected chi connectivity index (χ1v) is 5.58. The summed E-state index contributed by atoms with van der Waals surface area (Å²) in [5.41, 5.74) is 1.71. The molecule has 6 heteroatoms. The van der Waals surface area contributed by atoms with Crippen LogP contribution in [0.25, 0.3) is 0 Å². The Morgan fingerprint density at radius 1 is 1.62 bits per heavy atom. The molecule has 1 heterocycles. The number of halogens is 1. The van der Waals surface area contributed by atoms with E-state index >= 15 is 0 Å². The average molecular weight is 246 g/mol. The maximum absolute atomic E-state index is 10.3. The molecule has 90 valence electrons. The molecule has 0 aliphatic rings. The van der Waals surface area contributed by atoms with E-state index in [0.29, 0.717) is 18.1 Å². The zero-order chi connectivity index (χ0) is 12.1. The van der Waals surface area contributed by atoms with Gasteiger partial charge in [0.1, 0.15) is 0 Å². The van der Waals surface area contributed by atoms with E-state index in [2.05, 4.69) is 10.4 Å². The quantitative estimate of drug-likeness (QED) is 0.744. The lowest BCUT2D eigenvalue weighted by atomic mass is 10.3. The summed E-state index contributed by atoms with van der Waals surface area (Å²) in [5, 5.41) is 16.5. The Morgan fingerprint density at radius 3 is 2.88 bits per heavy atom. The van der Waals surface area contributed by atoms with Crippen molar-refractivity contribution < 1.29 is 9.90 Å². The van der Waals surface area contributed by atoms with Gasteiger partial charge in [0.05, 0.1) is 22.8 Å². The molecule has 0 spiro atoms. The maximum Gasteiger partial charge on any atom is 0.304 e. The monoisotopic (exact) mass is 245 g/mol. The number of carboxylic acids is 1. The Morgan fingerprint density at radius 2 is 2.31 bits per heavy atom. The molecule has 0 aliphatic heterocycles. The molecule has 0 aromatic carbocycles. The molecule has 2 N–H and O–H groups in total. The first kappa shape index (κ1) is 13.0. The predicted octanol–water partition coefficient (Wildman–Crippen LogP) is 1.43. The number of aromatic nitrogens is 2. The Hall–Kier alpha value is -1.07. The van der Waals surface area contributed by atoms with Crippen molar-refractivity contribution >= 4 is 17.6 Å². The van der Waals surface area contributed by atoms with Crippen molar-refractivity contribution in [2.75, 3.05) is 6.54 Å². The molecule has 0 radical (unpaired) electrons. The number of aliphatic carboxylic acids is 1. The van der Waals surface area contributed by atoms with Gasteiger partial charge in [-0.25, -0.2) is 0 Å². The van der Waals surface area contributed by atoms with Crippen LogP contribution >= 0.6 is 11.6 Å². The lowest BCUT2D eigenvalue weighted by Crippen LogP contribution is -2.20. The summed E-state index contributed by atoms with van der Waals surface area (Å²) in [4.78, 5) is 10.3. The second-order valence-electron chi connectivity index (χ2n) is 3.48. The molecule has 0 unspecified atom stereocenters. The van der Waals surface area contributed by atoms with Crippen molar-refractivity contribution in [3.63, 3.8) is 0 Å². The third-order valence-corrected chi connectivity index (χ3v) is 2.75. The Labute approximate surface area is 99.4 Å². The molecule has 0 bridgehead atoms. The molecule has 5 nitrogen and oxygen atoms in total. The highest BCUT2D eigenvalue weighted by atomic mass is 35.5. The van der Waals surface area contributed by atoms with Crippen molar-refractivity contribution in [2.45, 2.75) is 33.4 Å². The summed E-state index contributed by atoms with van der Waals surface area (Å²) in [6, 6.07) is 0. The number of hydrogen-bond donors (Lipinski definition) is 2. The van der Waals surface area contributed by atoms with Crippen LogP contribution in [0.1, 0.15) is 24.7 Å². The van der Waals surface area contributed by atoms with Crippen LogP contribution in [0.15, 0.2) is 0 Å². The summed E-state index contributed by atoms with van der Waals surface area (Å²) < 4.78 is 1.82. The van der Waals surface area contributed by atoms with Crippen LogP contribution < -0.4 is 5.32 Å². The molecule has 0 atom stereocenters. The highest BCUT2D eigenvalue weighted by Gasteiger charge is 2.11. The van der Waals surface area contributed by atoms with Crippen molar-refractivity contribution in [3.8, 4) is 0 Å². The van der Waals surface area contributed by atoms with Gasteiger partial charge >= 0.3 is 5.97 Å². The van der Waals surface area contributed by atoms with Crippen LogP contribution in [-0.4, -0.2) is 27.4 Å². The Kier molecular flexibility index (Phi) is 4.76. The predicted molar refractivity (Wildman–Crippen MR) is 61.6 cm³/mol. The summed E-state index contributed by atoms with van der Waals surface area (Å²) in [5.74, 6) is -0.807. The minimum atomic E-state index is -0.807. The van der Waals surface area contributed by atoms with E-state index in [1.807, 2.05) is 18.5 Å². The van der Waals surface area contributed by atoms with Gasteiger partial charge in [0.15, 0.2) is 0 Å². The van der Waals surface area contributed by atoms with E-state index in [-0.39, 0.29) is 6.42 Å². The fourth-order valence-electron chi connectivity index (χ4n) is 1.44. The van der Waals surface area contributed by atoms with Crippen molar-refractivity contribution in [1.82, 2.24) is 15.1 Å². The topological polar surface area (TPSA) is 67.2 Å². The zero-order valence-electron chi connectivity index (χ0n) is 9.46. The Bertz CT molecular complexity index is 376. The number of nitrogens with one attached hydrogen (secondary N) is 1. The van der Waals surface area contributed by atoms with Crippen LogP contribution in [0, 0.1) is 6.92 Å². The number of rotatable bonds is 6. The minimum Gasteiger partial charge on any atom is -0.481 e. The van der Waals surface area contributed by atoms with Gasteiger partial charge in [0, 0.05) is 19.6 Å². The van der Waals surface area contributed by atoms with Gasteiger partial charge in [-0.2, -0.15) is 5.10 Å². The first-order valence-electron chi connectivity index (χ1n) is 5.20. The van der Waals surface area contributed by atoms with Crippen LogP contribution in [-0.2, 0) is 17.9 Å². The third kappa shape index (κ3) is 3.21. The highest BCUT2D eigenvalue weighted by Crippen LogP contribution is 2.19. The van der Waals surface area contributed by atoms with Crippen molar-refractivity contribution in [3.05, 3.63) is 16.4 Å². The molecule has 1 aromatic heterocycles. The van der Waals surface area contributed by atoms with Crippen LogP contribution in [0.5, 0.6) is 0 Å². The van der Waals surface area contributed by atoms with Crippen molar-refractivity contribution in [2.24, 2.45) is 0 Å². The second-order valence-corrected chi connectivity index (χ2v) is 3.86. The van der Waals surface area contributed by atoms with Crippen molar-refractivity contribution in [1.29, 1.82) is 0 Å². The minimum absolute atomic E-state index is 0.108. The molecule has 0 aliphatic carbocycles. The fourth-order valence-corrected chi connectivity index (χ4v) is 1.64. The van der Waals surface area contributed by atoms with Gasteiger partial charge in [-0.1, -0.05) is 11.6 Å². The van der Waals surface area contributed by atoms with Crippen LogP contribution in [0.3, 0.4) is 0 Å². The molecule has 1 aromatic rings. The first-order chi connectivity index (χ1) is 7.56. The SMILES string of the molecule is CCn1nc(C)c(Cl)c1CNCCC(=O)O. The number of hydrogen-bond acceptors (Lipinski definition) is 3. The molecule has 0 fully saturated rings. The molecular weight excluding hydrogens is 230 g/mol. The average Bonchev–Trinajstić information content (AvgIpc) is 2.50. The van der Waals surface area contributed by atoms with E-state index in [1.54, 1.807) is 0 Å². The fraction of sp³-hybridized carbons (Fsp3) is 0.600. The van der Waals surface area contributed by atoms with Gasteiger partial charge < -0.3 is 10.4 Å². The van der Waals surface area contributed by atoms with E-state index < -0.39 is 5.97 Å². The largest absolute Gasteiger partial charge is 0.481 e. The molecule has 1 rings (SSSR count). The summed E-state index contributed by atoms with van der Waals surface area (Å²) >= 11 is 6.09. The van der Waals surface area contributed by atoms with Crippen LogP contribution in [0.4, 0.5) is 0 Å². The van der Waals surface area contributed by atoms with E-state index in [1.165, 1.54) is 0 Å². The summed E-state index contributed by atoms with van der Waals surface area (Å²) in [6.07, 6.45) is 0.108. The van der Waals surface area contributed by atoms with Gasteiger partial charge in [0.25, 0.3) is 0 Å². The summed E-state index contributed by atoms with van der Waals surface area (Å²) in [6.45, 7) is 5.57. The van der Waals surface area contributed by atoms with E-state index in [4.69, 9.17) is 16.7 Å². The van der Waals surface area contributed by atoms with E-state index in [9.17, 15) is 4.79 Å². The number of carboxylic acid groups (broad SMARTS) is 1. The lowest BCUT2D eigenvalue weighted by Gasteiger charge is -2.06. The normalized spacial score (nSPS) is 10.7.